The molecule has 1 saturated heterocycles. The highest BCUT2D eigenvalue weighted by atomic mass is 19.1. The normalized spacial score (nSPS) is 15.4. The number of carbonyl (C=O) groups is 1. The number of hydrogen-bond acceptors (Lipinski definition) is 9. The third-order valence-corrected chi connectivity index (χ3v) is 8.15. The van der Waals surface area contributed by atoms with Crippen LogP contribution in [-0.4, -0.2) is 74.1 Å². The monoisotopic (exact) mass is 645 g/mol. The molecule has 0 aliphatic carbocycles. The first-order valence-corrected chi connectivity index (χ1v) is 15.3. The van der Waals surface area contributed by atoms with Gasteiger partial charge < -0.3 is 34.3 Å². The summed E-state index contributed by atoms with van der Waals surface area (Å²) in [4.78, 5) is 25.3. The smallest absolute Gasteiger partial charge is 0.413 e. The van der Waals surface area contributed by atoms with Crippen molar-refractivity contribution in [1.29, 1.82) is 0 Å². The van der Waals surface area contributed by atoms with E-state index in [1.807, 2.05) is 19.1 Å². The van der Waals surface area contributed by atoms with Crippen LogP contribution in [0.25, 0.3) is 0 Å². The molecule has 5 rings (SSSR count). The second-order valence-corrected chi connectivity index (χ2v) is 11.5. The van der Waals surface area contributed by atoms with Gasteiger partial charge in [0, 0.05) is 41.5 Å². The van der Waals surface area contributed by atoms with Crippen LogP contribution in [0.3, 0.4) is 0 Å². The van der Waals surface area contributed by atoms with E-state index in [2.05, 4.69) is 27.2 Å². The summed E-state index contributed by atoms with van der Waals surface area (Å²) in [6.07, 6.45) is 2.29. The number of aromatic nitrogens is 2. The highest BCUT2D eigenvalue weighted by Crippen LogP contribution is 2.42. The molecule has 1 amide bonds. The van der Waals surface area contributed by atoms with Gasteiger partial charge in [0.25, 0.3) is 0 Å². The summed E-state index contributed by atoms with van der Waals surface area (Å²) in [6.45, 7) is 4.33. The summed E-state index contributed by atoms with van der Waals surface area (Å²) in [5, 5.41) is 13.7. The first-order chi connectivity index (χ1) is 22.7. The van der Waals surface area contributed by atoms with Crippen molar-refractivity contribution in [1.82, 2.24) is 14.9 Å². The number of hydrogen-bond donors (Lipinski definition) is 2. The number of aryl methyl sites for hydroxylation is 1. The fourth-order valence-corrected chi connectivity index (χ4v) is 5.89. The van der Waals surface area contributed by atoms with Crippen molar-refractivity contribution in [2.24, 2.45) is 5.92 Å². The SMILES string of the molecule is COc1ccc(OC)c(C(c2cc(C)ccc2OC)N(C(=O)O)c2ccnc(Nc3ccc(OCC4CCCN(C)C4)c(F)c3)n2)c1. The Hall–Kier alpha value is -5.10. The summed E-state index contributed by atoms with van der Waals surface area (Å²) in [5.74, 6) is 1.53. The summed E-state index contributed by atoms with van der Waals surface area (Å²) in [6, 6.07) is 15.7. The number of rotatable bonds is 12. The maximum Gasteiger partial charge on any atom is 0.413 e. The Bertz CT molecular complexity index is 1710. The molecule has 0 radical (unpaired) electrons. The number of benzene rings is 3. The number of carboxylic acid groups (broad SMARTS) is 1. The van der Waals surface area contributed by atoms with Crippen LogP contribution in [0.4, 0.5) is 26.6 Å². The molecule has 0 bridgehead atoms. The number of likely N-dealkylation sites (tertiary alicyclic amines) is 1. The molecule has 2 atom stereocenters. The quantitative estimate of drug-likeness (QED) is 0.173. The van der Waals surface area contributed by atoms with Crippen molar-refractivity contribution in [3.63, 3.8) is 0 Å². The van der Waals surface area contributed by atoms with Gasteiger partial charge in [0.1, 0.15) is 23.1 Å². The van der Waals surface area contributed by atoms with Crippen LogP contribution in [-0.2, 0) is 0 Å². The zero-order chi connectivity index (χ0) is 33.5. The molecule has 248 valence electrons. The average molecular weight is 646 g/mol. The summed E-state index contributed by atoms with van der Waals surface area (Å²) in [5.41, 5.74) is 2.33. The van der Waals surface area contributed by atoms with Crippen molar-refractivity contribution >= 4 is 23.5 Å². The van der Waals surface area contributed by atoms with E-state index in [4.69, 9.17) is 18.9 Å². The van der Waals surface area contributed by atoms with Crippen LogP contribution in [0.15, 0.2) is 66.9 Å². The van der Waals surface area contributed by atoms with Crippen LogP contribution in [0, 0.1) is 18.7 Å². The third-order valence-electron chi connectivity index (χ3n) is 8.15. The van der Waals surface area contributed by atoms with E-state index in [-0.39, 0.29) is 17.5 Å². The predicted octanol–water partition coefficient (Wildman–Crippen LogP) is 6.69. The maximum absolute atomic E-state index is 15.1. The number of piperidine rings is 1. The lowest BCUT2D eigenvalue weighted by atomic mass is 9.94. The van der Waals surface area contributed by atoms with Gasteiger partial charge in [0.05, 0.1) is 34.0 Å². The number of amides is 1. The zero-order valence-corrected chi connectivity index (χ0v) is 27.2. The first-order valence-electron chi connectivity index (χ1n) is 15.3. The van der Waals surface area contributed by atoms with Crippen molar-refractivity contribution in [2.75, 3.05) is 58.3 Å². The van der Waals surface area contributed by atoms with Crippen LogP contribution in [0.5, 0.6) is 23.0 Å². The molecule has 1 aliphatic rings. The Kier molecular flexibility index (Phi) is 10.6. The molecule has 4 aromatic rings. The highest BCUT2D eigenvalue weighted by molar-refractivity contribution is 5.87. The van der Waals surface area contributed by atoms with Crippen molar-refractivity contribution in [3.8, 4) is 23.0 Å². The van der Waals surface area contributed by atoms with Crippen LogP contribution >= 0.6 is 0 Å². The van der Waals surface area contributed by atoms with Crippen LogP contribution < -0.4 is 29.2 Å². The van der Waals surface area contributed by atoms with Gasteiger partial charge in [-0.1, -0.05) is 11.6 Å². The Balaban J connectivity index is 1.48. The molecule has 0 spiro atoms. The Morgan fingerprint density at radius 2 is 1.74 bits per heavy atom. The van der Waals surface area contributed by atoms with E-state index in [1.54, 1.807) is 36.4 Å². The topological polar surface area (TPSA) is 119 Å². The average Bonchev–Trinajstić information content (AvgIpc) is 3.06. The Morgan fingerprint density at radius 3 is 2.43 bits per heavy atom. The Morgan fingerprint density at radius 1 is 1.02 bits per heavy atom. The molecule has 12 heteroatoms. The summed E-state index contributed by atoms with van der Waals surface area (Å²) in [7, 11) is 6.64. The molecule has 11 nitrogen and oxygen atoms in total. The minimum absolute atomic E-state index is 0.0614. The molecule has 1 aromatic heterocycles. The number of nitrogens with zero attached hydrogens (tertiary/aromatic N) is 4. The summed E-state index contributed by atoms with van der Waals surface area (Å²) < 4.78 is 37.8. The van der Waals surface area contributed by atoms with Gasteiger partial charge in [-0.05, 0) is 81.9 Å². The molecule has 0 saturated carbocycles. The minimum Gasteiger partial charge on any atom is -0.497 e. The van der Waals surface area contributed by atoms with Gasteiger partial charge in [-0.3, -0.25) is 0 Å². The Labute approximate surface area is 273 Å². The van der Waals surface area contributed by atoms with E-state index < -0.39 is 18.0 Å². The van der Waals surface area contributed by atoms with E-state index in [0.29, 0.717) is 46.6 Å². The maximum atomic E-state index is 15.1. The predicted molar refractivity (Wildman–Crippen MR) is 177 cm³/mol. The molecular weight excluding hydrogens is 605 g/mol. The second kappa shape index (κ2) is 15.0. The van der Waals surface area contributed by atoms with Gasteiger partial charge in [0.15, 0.2) is 11.6 Å². The fourth-order valence-electron chi connectivity index (χ4n) is 5.89. The van der Waals surface area contributed by atoms with E-state index in [9.17, 15) is 9.90 Å². The summed E-state index contributed by atoms with van der Waals surface area (Å²) >= 11 is 0. The largest absolute Gasteiger partial charge is 0.497 e. The number of halogens is 1. The molecule has 1 fully saturated rings. The van der Waals surface area contributed by atoms with Crippen molar-refractivity contribution in [2.45, 2.75) is 25.8 Å². The first kappa shape index (κ1) is 33.3. The second-order valence-electron chi connectivity index (χ2n) is 11.5. The molecule has 2 heterocycles. The van der Waals surface area contributed by atoms with Crippen LogP contribution in [0.2, 0.25) is 0 Å². The number of nitrogens with one attached hydrogen (secondary N) is 1. The van der Waals surface area contributed by atoms with Gasteiger partial charge in [-0.15, -0.1) is 0 Å². The highest BCUT2D eigenvalue weighted by Gasteiger charge is 2.34. The number of methoxy groups -OCH3 is 3. The van der Waals surface area contributed by atoms with E-state index in [1.165, 1.54) is 39.7 Å². The van der Waals surface area contributed by atoms with Crippen LogP contribution in [0.1, 0.15) is 35.6 Å². The molecular formula is C35H40FN5O6. The van der Waals surface area contributed by atoms with E-state index in [0.717, 1.165) is 36.4 Å². The molecule has 2 unspecified atom stereocenters. The van der Waals surface area contributed by atoms with Crippen molar-refractivity contribution < 1.29 is 33.2 Å². The lowest BCUT2D eigenvalue weighted by Crippen LogP contribution is -2.35. The van der Waals surface area contributed by atoms with Gasteiger partial charge >= 0.3 is 6.09 Å². The van der Waals surface area contributed by atoms with Gasteiger partial charge in [-0.2, -0.15) is 4.98 Å². The van der Waals surface area contributed by atoms with E-state index >= 15 is 4.39 Å². The number of ether oxygens (including phenoxy) is 4. The third kappa shape index (κ3) is 7.83. The fraction of sp³-hybridized carbons (Fsp3) is 0.343. The van der Waals surface area contributed by atoms with Gasteiger partial charge in [-0.25, -0.2) is 19.1 Å². The number of anilines is 3. The molecule has 1 aliphatic heterocycles. The molecule has 47 heavy (non-hydrogen) atoms. The minimum atomic E-state index is -1.29. The molecule has 3 aromatic carbocycles. The zero-order valence-electron chi connectivity index (χ0n) is 27.2. The van der Waals surface area contributed by atoms with Gasteiger partial charge in [0.2, 0.25) is 5.95 Å². The van der Waals surface area contributed by atoms with Crippen molar-refractivity contribution in [3.05, 3.63) is 89.4 Å². The lowest BCUT2D eigenvalue weighted by Gasteiger charge is -2.31. The standard InChI is InChI=1S/C35H40FN5O6/c1-22-8-11-29(45-4)26(17-22)33(27-19-25(44-3)10-13-30(27)46-5)41(35(42)43)32-14-15-37-34(39-32)38-24-9-12-31(28(36)18-24)47-21-23-7-6-16-40(2)20-23/h8-15,17-19,23,33H,6-7,16,20-21H2,1-5H3,(H,42,43)(H,37,38,39). The molecule has 2 N–H and O–H groups in total. The lowest BCUT2D eigenvalue weighted by molar-refractivity contribution is 0.147.